The number of sulfonamides is 1. The smallest absolute Gasteiger partial charge is 0.311 e. The van der Waals surface area contributed by atoms with E-state index < -0.39 is 10.0 Å². The third kappa shape index (κ3) is 3.57. The predicted octanol–water partition coefficient (Wildman–Crippen LogP) is 1.99. The van der Waals surface area contributed by atoms with Gasteiger partial charge in [-0.1, -0.05) is 18.2 Å². The van der Waals surface area contributed by atoms with Crippen LogP contribution in [0.5, 0.6) is 0 Å². The number of nitrogens with zero attached hydrogens (tertiary/aromatic N) is 3. The average molecular weight is 385 g/mol. The zero-order chi connectivity index (χ0) is 18.9. The van der Waals surface area contributed by atoms with E-state index in [0.29, 0.717) is 30.9 Å². The Balaban J connectivity index is 1.47. The van der Waals surface area contributed by atoms with Gasteiger partial charge in [0.2, 0.25) is 0 Å². The van der Waals surface area contributed by atoms with E-state index in [-0.39, 0.29) is 23.4 Å². The van der Waals surface area contributed by atoms with Crippen molar-refractivity contribution in [1.82, 2.24) is 9.88 Å². The third-order valence-electron chi connectivity index (χ3n) is 4.77. The van der Waals surface area contributed by atoms with Crippen LogP contribution in [0.3, 0.4) is 0 Å². The molecule has 27 heavy (non-hydrogen) atoms. The lowest BCUT2D eigenvalue weighted by atomic mass is 9.97. The highest BCUT2D eigenvalue weighted by Crippen LogP contribution is 2.30. The molecule has 4 rings (SSSR count). The highest BCUT2D eigenvalue weighted by atomic mass is 32.2. The number of esters is 1. The van der Waals surface area contributed by atoms with Gasteiger partial charge in [0.25, 0.3) is 10.0 Å². The normalized spacial score (nSPS) is 20.7. The van der Waals surface area contributed by atoms with E-state index >= 15 is 0 Å². The third-order valence-corrected chi connectivity index (χ3v) is 6.10. The summed E-state index contributed by atoms with van der Waals surface area (Å²) in [7, 11) is -3.66. The minimum Gasteiger partial charge on any atom is -0.460 e. The van der Waals surface area contributed by atoms with Crippen LogP contribution in [0.4, 0.5) is 0 Å². The van der Waals surface area contributed by atoms with Crippen molar-refractivity contribution in [1.29, 1.82) is 0 Å². The second-order valence-electron chi connectivity index (χ2n) is 6.64. The van der Waals surface area contributed by atoms with E-state index in [9.17, 15) is 13.2 Å². The number of hydrogen-bond donors (Lipinski definition) is 0. The number of amidine groups is 1. The molecular weight excluding hydrogens is 366 g/mol. The van der Waals surface area contributed by atoms with E-state index in [4.69, 9.17) is 4.74 Å². The average Bonchev–Trinajstić information content (AvgIpc) is 2.98. The molecule has 1 saturated heterocycles. The van der Waals surface area contributed by atoms with Crippen molar-refractivity contribution in [3.8, 4) is 0 Å². The number of rotatable bonds is 3. The maximum atomic E-state index is 12.5. The fraction of sp³-hybridized carbons (Fsp3) is 0.316. The maximum Gasteiger partial charge on any atom is 0.311 e. The van der Waals surface area contributed by atoms with Gasteiger partial charge in [0.15, 0.2) is 5.84 Å². The number of likely N-dealkylation sites (tertiary alicyclic amines) is 1. The Morgan fingerprint density at radius 1 is 1.22 bits per heavy atom. The summed E-state index contributed by atoms with van der Waals surface area (Å²) in [6.45, 7) is 1.24. The van der Waals surface area contributed by atoms with Crippen LogP contribution in [-0.4, -0.2) is 43.2 Å². The number of fused-ring (bicyclic) bond motifs is 1. The molecular formula is C19H19N3O4S. The SMILES string of the molecule is O=C(OCc1cccnc1)[C@@H]1CCCN(C2=NS(=O)(=O)c3ccccc32)C1. The number of aromatic nitrogens is 1. The molecule has 1 aromatic heterocycles. The molecule has 1 aromatic carbocycles. The van der Waals surface area contributed by atoms with Crippen LogP contribution < -0.4 is 0 Å². The van der Waals surface area contributed by atoms with Crippen LogP contribution in [-0.2, 0) is 26.2 Å². The van der Waals surface area contributed by atoms with E-state index in [1.165, 1.54) is 0 Å². The van der Waals surface area contributed by atoms with Gasteiger partial charge in [-0.2, -0.15) is 8.42 Å². The quantitative estimate of drug-likeness (QED) is 0.751. The monoisotopic (exact) mass is 385 g/mol. The molecule has 0 aliphatic carbocycles. The van der Waals surface area contributed by atoms with Gasteiger partial charge in [-0.3, -0.25) is 9.78 Å². The van der Waals surface area contributed by atoms with Gasteiger partial charge in [0, 0.05) is 36.6 Å². The predicted molar refractivity (Wildman–Crippen MR) is 98.5 cm³/mol. The van der Waals surface area contributed by atoms with Crippen LogP contribution in [0, 0.1) is 5.92 Å². The van der Waals surface area contributed by atoms with Gasteiger partial charge in [-0.05, 0) is 31.0 Å². The second kappa shape index (κ2) is 7.11. The van der Waals surface area contributed by atoms with Crippen molar-refractivity contribution < 1.29 is 17.9 Å². The van der Waals surface area contributed by atoms with E-state index in [2.05, 4.69) is 9.38 Å². The topological polar surface area (TPSA) is 88.9 Å². The minimum atomic E-state index is -3.66. The molecule has 0 bridgehead atoms. The molecule has 3 heterocycles. The standard InChI is InChI=1S/C19H19N3O4S/c23-19(26-13-14-5-3-9-20-11-14)15-6-4-10-22(12-15)18-16-7-1-2-8-17(16)27(24,25)21-18/h1-3,5,7-9,11,15H,4,6,10,12-13H2/t15-/m1/s1. The Kier molecular flexibility index (Phi) is 4.65. The zero-order valence-electron chi connectivity index (χ0n) is 14.6. The molecule has 0 unspecified atom stereocenters. The molecule has 2 aromatic rings. The Morgan fingerprint density at radius 3 is 2.89 bits per heavy atom. The molecule has 0 spiro atoms. The van der Waals surface area contributed by atoms with Crippen LogP contribution in [0.1, 0.15) is 24.0 Å². The molecule has 0 N–H and O–H groups in total. The summed E-state index contributed by atoms with van der Waals surface area (Å²) in [5.74, 6) is -0.165. The molecule has 2 aliphatic rings. The number of carbonyl (C=O) groups is 1. The molecule has 0 radical (unpaired) electrons. The van der Waals surface area contributed by atoms with Gasteiger partial charge >= 0.3 is 5.97 Å². The van der Waals surface area contributed by atoms with Crippen molar-refractivity contribution in [2.45, 2.75) is 24.3 Å². The Hall–Kier alpha value is -2.74. The Morgan fingerprint density at radius 2 is 2.07 bits per heavy atom. The Labute approximate surface area is 157 Å². The highest BCUT2D eigenvalue weighted by molar-refractivity contribution is 7.90. The van der Waals surface area contributed by atoms with Crippen molar-refractivity contribution in [2.75, 3.05) is 13.1 Å². The van der Waals surface area contributed by atoms with Crippen molar-refractivity contribution in [2.24, 2.45) is 10.3 Å². The van der Waals surface area contributed by atoms with E-state index in [1.54, 1.807) is 42.7 Å². The highest BCUT2D eigenvalue weighted by Gasteiger charge is 2.35. The second-order valence-corrected chi connectivity index (χ2v) is 8.21. The summed E-state index contributed by atoms with van der Waals surface area (Å²) in [4.78, 5) is 18.6. The first-order chi connectivity index (χ1) is 13.0. The molecule has 2 aliphatic heterocycles. The summed E-state index contributed by atoms with van der Waals surface area (Å²) in [6.07, 6.45) is 4.81. The minimum absolute atomic E-state index is 0.182. The maximum absolute atomic E-state index is 12.5. The van der Waals surface area contributed by atoms with E-state index in [1.807, 2.05) is 11.0 Å². The largest absolute Gasteiger partial charge is 0.460 e. The Bertz CT molecular complexity index is 989. The molecule has 0 saturated carbocycles. The summed E-state index contributed by atoms with van der Waals surface area (Å²) in [5.41, 5.74) is 1.43. The molecule has 0 amide bonds. The van der Waals surface area contributed by atoms with Gasteiger partial charge < -0.3 is 9.64 Å². The van der Waals surface area contributed by atoms with Crippen molar-refractivity contribution in [3.63, 3.8) is 0 Å². The number of ether oxygens (including phenoxy) is 1. The summed E-state index contributed by atoms with van der Waals surface area (Å²) in [5, 5.41) is 0. The van der Waals surface area contributed by atoms with Gasteiger partial charge in [0.05, 0.1) is 5.92 Å². The number of benzene rings is 1. The van der Waals surface area contributed by atoms with Crippen molar-refractivity contribution in [3.05, 3.63) is 59.9 Å². The summed E-state index contributed by atoms with van der Waals surface area (Å²) in [6, 6.07) is 10.4. The summed E-state index contributed by atoms with van der Waals surface area (Å²) >= 11 is 0. The van der Waals surface area contributed by atoms with Crippen LogP contribution in [0.15, 0.2) is 58.1 Å². The molecule has 1 fully saturated rings. The van der Waals surface area contributed by atoms with Gasteiger partial charge in [0.1, 0.15) is 11.5 Å². The van der Waals surface area contributed by atoms with Crippen LogP contribution >= 0.6 is 0 Å². The number of pyridine rings is 1. The zero-order valence-corrected chi connectivity index (χ0v) is 15.4. The first-order valence-electron chi connectivity index (χ1n) is 8.79. The molecule has 7 nitrogen and oxygen atoms in total. The molecule has 8 heteroatoms. The van der Waals surface area contributed by atoms with Crippen LogP contribution in [0.25, 0.3) is 0 Å². The first-order valence-corrected chi connectivity index (χ1v) is 10.2. The van der Waals surface area contributed by atoms with Gasteiger partial charge in [-0.15, -0.1) is 4.40 Å². The van der Waals surface area contributed by atoms with Gasteiger partial charge in [-0.25, -0.2) is 0 Å². The lowest BCUT2D eigenvalue weighted by Crippen LogP contribution is -2.42. The fourth-order valence-corrected chi connectivity index (χ4v) is 4.66. The summed E-state index contributed by atoms with van der Waals surface area (Å²) < 4.78 is 33.9. The molecule has 1 atom stereocenters. The van der Waals surface area contributed by atoms with E-state index in [0.717, 1.165) is 12.0 Å². The number of carbonyl (C=O) groups excluding carboxylic acids is 1. The number of piperidine rings is 1. The molecule has 140 valence electrons. The van der Waals surface area contributed by atoms with Crippen molar-refractivity contribution >= 4 is 21.8 Å². The lowest BCUT2D eigenvalue weighted by Gasteiger charge is -2.32. The van der Waals surface area contributed by atoms with Crippen LogP contribution in [0.2, 0.25) is 0 Å². The fourth-order valence-electron chi connectivity index (χ4n) is 3.43. The lowest BCUT2D eigenvalue weighted by molar-refractivity contribution is -0.151. The number of hydrogen-bond acceptors (Lipinski definition) is 6. The first kappa shape index (κ1) is 17.7.